The molecule has 0 spiro atoms. The van der Waals surface area contributed by atoms with Gasteiger partial charge >= 0.3 is 0 Å². The molecule has 0 aliphatic carbocycles. The summed E-state index contributed by atoms with van der Waals surface area (Å²) in [5.41, 5.74) is 0.0640. The second-order valence-electron chi connectivity index (χ2n) is 5.77. The summed E-state index contributed by atoms with van der Waals surface area (Å²) in [5.74, 6) is -0.457. The molecule has 0 radical (unpaired) electrons. The molecule has 2 rings (SSSR count). The zero-order chi connectivity index (χ0) is 18.2. The van der Waals surface area contributed by atoms with Crippen molar-refractivity contribution in [3.63, 3.8) is 0 Å². The molecule has 1 aromatic heterocycles. The fourth-order valence-electron chi connectivity index (χ4n) is 2.47. The lowest BCUT2D eigenvalue weighted by molar-refractivity contribution is 0.282. The highest BCUT2D eigenvalue weighted by atomic mass is 127. The van der Waals surface area contributed by atoms with E-state index in [0.29, 0.717) is 25.6 Å². The van der Waals surface area contributed by atoms with Crippen molar-refractivity contribution >= 4 is 41.3 Å². The van der Waals surface area contributed by atoms with Gasteiger partial charge in [0.05, 0.1) is 12.6 Å². The maximum absolute atomic E-state index is 14.1. The quantitative estimate of drug-likeness (QED) is 0.347. The van der Waals surface area contributed by atoms with Gasteiger partial charge in [0.2, 0.25) is 0 Å². The van der Waals surface area contributed by atoms with Gasteiger partial charge in [-0.3, -0.25) is 0 Å². The van der Waals surface area contributed by atoms with Gasteiger partial charge in [-0.05, 0) is 44.6 Å². The molecule has 144 valence electrons. The number of guanidine groups is 1. The Morgan fingerprint density at radius 1 is 1.15 bits per heavy atom. The van der Waals surface area contributed by atoms with E-state index < -0.39 is 17.7 Å². The first-order valence-corrected chi connectivity index (χ1v) is 9.05. The van der Waals surface area contributed by atoms with Crippen LogP contribution in [0.15, 0.2) is 40.7 Å². The monoisotopic (exact) mass is 494 g/mol. The first-order valence-electron chi connectivity index (χ1n) is 8.17. The molecule has 1 aromatic carbocycles. The van der Waals surface area contributed by atoms with Crippen LogP contribution in [0.2, 0.25) is 0 Å². The molecule has 0 fully saturated rings. The van der Waals surface area contributed by atoms with Crippen LogP contribution >= 0.6 is 35.3 Å². The van der Waals surface area contributed by atoms with Crippen LogP contribution in [0.4, 0.5) is 8.78 Å². The second kappa shape index (κ2) is 11.5. The Balaban J connectivity index is 0.00000338. The number of rotatable bonds is 7. The SMILES string of the molecule is CCNC(=NCc1cccs1)NCC(c1c(F)cccc1F)N(C)C.I. The number of nitrogens with one attached hydrogen (secondary N) is 2. The fraction of sp³-hybridized carbons (Fsp3) is 0.389. The summed E-state index contributed by atoms with van der Waals surface area (Å²) in [5, 5.41) is 8.35. The van der Waals surface area contributed by atoms with Gasteiger partial charge in [0, 0.05) is 23.5 Å². The van der Waals surface area contributed by atoms with E-state index in [1.807, 2.05) is 24.4 Å². The number of halogens is 3. The summed E-state index contributed by atoms with van der Waals surface area (Å²) in [4.78, 5) is 7.47. The minimum Gasteiger partial charge on any atom is -0.357 e. The van der Waals surface area contributed by atoms with Crippen molar-refractivity contribution in [1.82, 2.24) is 15.5 Å². The number of nitrogens with zero attached hydrogens (tertiary/aromatic N) is 2. The summed E-state index contributed by atoms with van der Waals surface area (Å²) in [7, 11) is 3.60. The number of hydrogen-bond donors (Lipinski definition) is 2. The molecule has 0 bridgehead atoms. The third kappa shape index (κ3) is 6.48. The maximum Gasteiger partial charge on any atom is 0.191 e. The van der Waals surface area contributed by atoms with Crippen LogP contribution in [0.3, 0.4) is 0 Å². The molecule has 1 unspecified atom stereocenters. The molecule has 2 N–H and O–H groups in total. The molecular weight excluding hydrogens is 469 g/mol. The molecule has 0 saturated heterocycles. The van der Waals surface area contributed by atoms with E-state index in [0.717, 1.165) is 4.88 Å². The Hall–Kier alpha value is -1.26. The van der Waals surface area contributed by atoms with Crippen molar-refractivity contribution in [2.24, 2.45) is 4.99 Å². The van der Waals surface area contributed by atoms with Crippen molar-refractivity contribution in [3.8, 4) is 0 Å². The molecule has 26 heavy (non-hydrogen) atoms. The highest BCUT2D eigenvalue weighted by Gasteiger charge is 2.22. The lowest BCUT2D eigenvalue weighted by Crippen LogP contribution is -2.42. The van der Waals surface area contributed by atoms with Crippen LogP contribution < -0.4 is 10.6 Å². The van der Waals surface area contributed by atoms with Gasteiger partial charge in [-0.15, -0.1) is 35.3 Å². The number of likely N-dealkylation sites (N-methyl/N-ethyl adjacent to an activating group) is 1. The van der Waals surface area contributed by atoms with Gasteiger partial charge in [0.1, 0.15) is 11.6 Å². The highest BCUT2D eigenvalue weighted by molar-refractivity contribution is 14.0. The lowest BCUT2D eigenvalue weighted by Gasteiger charge is -2.26. The summed E-state index contributed by atoms with van der Waals surface area (Å²) >= 11 is 1.64. The molecule has 4 nitrogen and oxygen atoms in total. The molecule has 0 saturated carbocycles. The average molecular weight is 494 g/mol. The van der Waals surface area contributed by atoms with Gasteiger partial charge in [-0.25, -0.2) is 13.8 Å². The predicted octanol–water partition coefficient (Wildman–Crippen LogP) is 4.00. The summed E-state index contributed by atoms with van der Waals surface area (Å²) < 4.78 is 28.3. The van der Waals surface area contributed by atoms with Gasteiger partial charge in [0.25, 0.3) is 0 Å². The van der Waals surface area contributed by atoms with Crippen LogP contribution in [0, 0.1) is 11.6 Å². The zero-order valence-electron chi connectivity index (χ0n) is 15.1. The van der Waals surface area contributed by atoms with E-state index >= 15 is 0 Å². The van der Waals surface area contributed by atoms with Crippen molar-refractivity contribution in [3.05, 3.63) is 57.8 Å². The summed E-state index contributed by atoms with van der Waals surface area (Å²) in [6, 6.07) is 7.50. The number of hydrogen-bond acceptors (Lipinski definition) is 3. The normalized spacial score (nSPS) is 12.6. The zero-order valence-corrected chi connectivity index (χ0v) is 18.3. The molecule has 0 amide bonds. The number of benzene rings is 1. The van der Waals surface area contributed by atoms with Gasteiger partial charge in [-0.1, -0.05) is 12.1 Å². The minimum atomic E-state index is -0.541. The Bertz CT molecular complexity index is 672. The van der Waals surface area contributed by atoms with E-state index in [1.54, 1.807) is 30.3 Å². The lowest BCUT2D eigenvalue weighted by atomic mass is 10.0. The van der Waals surface area contributed by atoms with Crippen LogP contribution in [0.1, 0.15) is 23.4 Å². The minimum absolute atomic E-state index is 0. The first-order chi connectivity index (χ1) is 12.0. The van der Waals surface area contributed by atoms with Crippen LogP contribution in [-0.4, -0.2) is 38.0 Å². The van der Waals surface area contributed by atoms with Gasteiger partial charge in [0.15, 0.2) is 5.96 Å². The Kier molecular flexibility index (Phi) is 10.0. The average Bonchev–Trinajstić information content (AvgIpc) is 3.08. The van der Waals surface area contributed by atoms with Crippen LogP contribution in [0.5, 0.6) is 0 Å². The van der Waals surface area contributed by atoms with E-state index in [2.05, 4.69) is 15.6 Å². The van der Waals surface area contributed by atoms with E-state index in [-0.39, 0.29) is 29.5 Å². The number of aliphatic imine (C=N–C) groups is 1. The topological polar surface area (TPSA) is 39.7 Å². The standard InChI is InChI=1S/C18H24F2N4S.HI/c1-4-21-18(22-11-13-7-6-10-25-13)23-12-16(24(2)3)17-14(19)8-5-9-15(17)20;/h5-10,16H,4,11-12H2,1-3H3,(H2,21,22,23);1H. The van der Waals surface area contributed by atoms with Crippen molar-refractivity contribution in [2.75, 3.05) is 27.2 Å². The third-order valence-electron chi connectivity index (χ3n) is 3.74. The Morgan fingerprint density at radius 2 is 1.85 bits per heavy atom. The van der Waals surface area contributed by atoms with E-state index in [1.165, 1.54) is 18.2 Å². The van der Waals surface area contributed by atoms with Crippen LogP contribution in [-0.2, 0) is 6.54 Å². The van der Waals surface area contributed by atoms with Gasteiger partial charge < -0.3 is 15.5 Å². The molecule has 1 heterocycles. The predicted molar refractivity (Wildman–Crippen MR) is 115 cm³/mol. The third-order valence-corrected chi connectivity index (χ3v) is 4.60. The molecule has 1 atom stereocenters. The fourth-order valence-corrected chi connectivity index (χ4v) is 3.09. The van der Waals surface area contributed by atoms with E-state index in [9.17, 15) is 8.78 Å². The Labute approximate surface area is 174 Å². The highest BCUT2D eigenvalue weighted by Crippen LogP contribution is 2.23. The summed E-state index contributed by atoms with van der Waals surface area (Å²) in [6.07, 6.45) is 0. The number of thiophene rings is 1. The molecule has 2 aromatic rings. The largest absolute Gasteiger partial charge is 0.357 e. The smallest absolute Gasteiger partial charge is 0.191 e. The van der Waals surface area contributed by atoms with Crippen molar-refractivity contribution in [1.29, 1.82) is 0 Å². The van der Waals surface area contributed by atoms with Crippen molar-refractivity contribution < 1.29 is 8.78 Å². The van der Waals surface area contributed by atoms with E-state index in [4.69, 9.17) is 0 Å². The molecule has 8 heteroatoms. The van der Waals surface area contributed by atoms with Gasteiger partial charge in [-0.2, -0.15) is 0 Å². The molecule has 0 aliphatic heterocycles. The molecular formula is C18H25F2IN4S. The van der Waals surface area contributed by atoms with Crippen molar-refractivity contribution in [2.45, 2.75) is 19.5 Å². The first kappa shape index (κ1) is 22.8. The molecule has 0 aliphatic rings. The summed E-state index contributed by atoms with van der Waals surface area (Å²) in [6.45, 7) is 3.58. The second-order valence-corrected chi connectivity index (χ2v) is 6.80. The Morgan fingerprint density at radius 3 is 2.38 bits per heavy atom. The van der Waals surface area contributed by atoms with Crippen LogP contribution in [0.25, 0.3) is 0 Å². The maximum atomic E-state index is 14.1.